The van der Waals surface area contributed by atoms with E-state index < -0.39 is 34.8 Å². The summed E-state index contributed by atoms with van der Waals surface area (Å²) in [6.07, 6.45) is 1.12. The molecule has 0 saturated carbocycles. The van der Waals surface area contributed by atoms with Crippen LogP contribution in [0.3, 0.4) is 0 Å². The van der Waals surface area contributed by atoms with Crippen LogP contribution in [0.15, 0.2) is 66.9 Å². The van der Waals surface area contributed by atoms with Crippen molar-refractivity contribution in [2.45, 2.75) is 83.6 Å². The molecule has 2 N–H and O–H groups in total. The second-order valence-electron chi connectivity index (χ2n) is 18.2. The summed E-state index contributed by atoms with van der Waals surface area (Å²) in [7, 11) is 1.87. The van der Waals surface area contributed by atoms with Crippen LogP contribution in [0, 0.1) is 17.2 Å². The van der Waals surface area contributed by atoms with E-state index in [1.807, 2.05) is 54.5 Å². The summed E-state index contributed by atoms with van der Waals surface area (Å²) in [4.78, 5) is 72.0. The average molecular weight is 942 g/mol. The highest BCUT2D eigenvalue weighted by Gasteiger charge is 2.51. The number of piperidine rings is 2. The minimum absolute atomic E-state index is 0.0488. The van der Waals surface area contributed by atoms with Crippen LogP contribution in [0.25, 0.3) is 10.9 Å². The molecule has 1 aromatic heterocycles. The number of halogens is 3. The number of aromatic nitrogens is 1. The van der Waals surface area contributed by atoms with Gasteiger partial charge >= 0.3 is 12.2 Å². The third-order valence-electron chi connectivity index (χ3n) is 13.3. The first-order chi connectivity index (χ1) is 31.8. The summed E-state index contributed by atoms with van der Waals surface area (Å²) in [5, 5.41) is 19.5. The third kappa shape index (κ3) is 9.68. The molecule has 0 bridgehead atoms. The number of hydrogen-bond donors (Lipinski definition) is 2. The summed E-state index contributed by atoms with van der Waals surface area (Å²) in [6.45, 7) is 12.0. The fraction of sp³-hybridized carbons (Fsp3) is 0.438. The van der Waals surface area contributed by atoms with Crippen molar-refractivity contribution in [2.24, 2.45) is 5.92 Å². The Morgan fingerprint density at radius 2 is 1.58 bits per heavy atom. The number of benzene rings is 3. The Hall–Kier alpha value is -6.52. The van der Waals surface area contributed by atoms with E-state index in [2.05, 4.69) is 33.5 Å². The summed E-state index contributed by atoms with van der Waals surface area (Å²) in [5.74, 6) is -0.357. The lowest BCUT2D eigenvalue weighted by Gasteiger charge is -2.40. The molecule has 67 heavy (non-hydrogen) atoms. The van der Waals surface area contributed by atoms with Crippen LogP contribution in [0.1, 0.15) is 87.3 Å². The van der Waals surface area contributed by atoms with E-state index in [4.69, 9.17) is 22.1 Å². The van der Waals surface area contributed by atoms with Gasteiger partial charge in [-0.2, -0.15) is 18.4 Å². The van der Waals surface area contributed by atoms with Gasteiger partial charge < -0.3 is 29.3 Å². The number of carboxylic acid groups (broad SMARTS) is 1. The molecule has 4 saturated heterocycles. The number of amides is 5. The maximum absolute atomic E-state index is 14.1. The van der Waals surface area contributed by atoms with Gasteiger partial charge in [0.1, 0.15) is 5.54 Å². The summed E-state index contributed by atoms with van der Waals surface area (Å²) >= 11 is 5.72. The van der Waals surface area contributed by atoms with Crippen molar-refractivity contribution >= 4 is 81.2 Å². The van der Waals surface area contributed by atoms with E-state index >= 15 is 0 Å². The van der Waals surface area contributed by atoms with Crippen LogP contribution < -0.4 is 24.9 Å². The smallest absolute Gasteiger partial charge is 0.417 e. The second kappa shape index (κ2) is 19.4. The molecule has 3 aromatic carbocycles. The van der Waals surface area contributed by atoms with Gasteiger partial charge in [0.05, 0.1) is 34.1 Å². The minimum Gasteiger partial charge on any atom is -0.483 e. The molecule has 0 atom stereocenters. The number of fused-ring (bicyclic) bond motifs is 1. The number of nitrogens with one attached hydrogen (secondary N) is 1. The fourth-order valence-corrected chi connectivity index (χ4v) is 10.2. The average Bonchev–Trinajstić information content (AvgIpc) is 3.81. The Morgan fingerprint density at radius 3 is 2.18 bits per heavy atom. The molecule has 4 aromatic rings. The first-order valence-corrected chi connectivity index (χ1v) is 22.7. The van der Waals surface area contributed by atoms with Crippen LogP contribution in [-0.2, 0) is 20.6 Å². The van der Waals surface area contributed by atoms with E-state index in [-0.39, 0.29) is 54.1 Å². The van der Waals surface area contributed by atoms with Gasteiger partial charge in [-0.05, 0) is 132 Å². The van der Waals surface area contributed by atoms with Gasteiger partial charge in [0, 0.05) is 93.3 Å². The van der Waals surface area contributed by atoms with Gasteiger partial charge in [0.2, 0.25) is 5.91 Å². The summed E-state index contributed by atoms with van der Waals surface area (Å²) in [6, 6.07) is 17.9. The van der Waals surface area contributed by atoms with Crippen LogP contribution in [0.5, 0.6) is 0 Å². The Balaban J connectivity index is 0.00000216. The lowest BCUT2D eigenvalue weighted by atomic mass is 9.94. The highest BCUT2D eigenvalue weighted by molar-refractivity contribution is 7.81. The molecule has 15 nitrogen and oxygen atoms in total. The predicted molar refractivity (Wildman–Crippen MR) is 252 cm³/mol. The molecule has 0 spiro atoms. The number of carbonyl (C=O) groups excluding carboxylic acids is 4. The second-order valence-corrected chi connectivity index (χ2v) is 18.5. The zero-order chi connectivity index (χ0) is 48.5. The molecular weight excluding hydrogens is 888 g/mol. The molecule has 0 radical (unpaired) electrons. The van der Waals surface area contributed by atoms with Gasteiger partial charge in [0.15, 0.2) is 5.11 Å². The third-order valence-corrected chi connectivity index (χ3v) is 13.7. The largest absolute Gasteiger partial charge is 0.483 e. The number of alkyl halides is 3. The van der Waals surface area contributed by atoms with Gasteiger partial charge in [-0.1, -0.05) is 0 Å². The number of thiocarbonyl (C=S) groups is 1. The van der Waals surface area contributed by atoms with Gasteiger partial charge in [0.25, 0.3) is 18.3 Å². The van der Waals surface area contributed by atoms with Crippen molar-refractivity contribution in [2.75, 3.05) is 65.9 Å². The van der Waals surface area contributed by atoms with Crippen molar-refractivity contribution in [1.82, 2.24) is 19.7 Å². The quantitative estimate of drug-likeness (QED) is 0.125. The number of hydrogen-bond acceptors (Lipinski definition) is 9. The number of nitriles is 1. The molecule has 4 fully saturated rings. The number of nitrogens with zero attached hydrogens (tertiary/aromatic N) is 8. The number of imide groups is 1. The number of carbonyl (C=O) groups is 5. The monoisotopic (exact) mass is 941 g/mol. The molecule has 0 aliphatic carbocycles. The van der Waals surface area contributed by atoms with E-state index in [0.717, 1.165) is 92.0 Å². The zero-order valence-electron chi connectivity index (χ0n) is 38.0. The van der Waals surface area contributed by atoms with E-state index in [1.54, 1.807) is 35.8 Å². The highest BCUT2D eigenvalue weighted by atomic mass is 32.1. The Kier molecular flexibility index (Phi) is 14.0. The lowest BCUT2D eigenvalue weighted by Crippen LogP contribution is -2.49. The van der Waals surface area contributed by atoms with Crippen LogP contribution in [0.2, 0.25) is 0 Å². The van der Waals surface area contributed by atoms with Gasteiger partial charge in [-0.25, -0.2) is 4.79 Å². The molecule has 4 aliphatic rings. The van der Waals surface area contributed by atoms with Crippen molar-refractivity contribution in [3.05, 3.63) is 83.6 Å². The number of anilines is 4. The molecule has 4 aliphatic heterocycles. The normalized spacial score (nSPS) is 18.6. The summed E-state index contributed by atoms with van der Waals surface area (Å²) in [5.41, 5.74) is 0.780. The van der Waals surface area contributed by atoms with Crippen molar-refractivity contribution in [1.29, 1.82) is 5.26 Å². The van der Waals surface area contributed by atoms with Gasteiger partial charge in [-0.3, -0.25) is 34.3 Å². The number of urea groups is 1. The van der Waals surface area contributed by atoms with Crippen LogP contribution in [-0.4, -0.2) is 113 Å². The minimum atomic E-state index is -4.78. The SMILES string of the molecule is CC(C)n1ccc2c(N3CCC(=O)NC3=O)cc(C(=O)N(C)C3CCN(CC4CCN(c5ccc(N6C(=S)N(c7ccc(C#N)c(C(F)(F)F)c7)C(=O)C6(C)C)cc5)CC4)CC3)cc21.O=CO. The van der Waals surface area contributed by atoms with Crippen LogP contribution >= 0.6 is 12.2 Å². The topological polar surface area (TPSA) is 166 Å². The Morgan fingerprint density at radius 1 is 0.955 bits per heavy atom. The van der Waals surface area contributed by atoms with E-state index in [0.29, 0.717) is 22.9 Å². The number of rotatable bonds is 9. The van der Waals surface area contributed by atoms with Crippen molar-refractivity contribution in [3.63, 3.8) is 0 Å². The number of likely N-dealkylation sites (tertiary alicyclic amines) is 1. The predicted octanol–water partition coefficient (Wildman–Crippen LogP) is 7.63. The van der Waals surface area contributed by atoms with Crippen molar-refractivity contribution < 1.29 is 42.3 Å². The maximum Gasteiger partial charge on any atom is 0.417 e. The summed E-state index contributed by atoms with van der Waals surface area (Å²) < 4.78 is 43.5. The van der Waals surface area contributed by atoms with E-state index in [1.165, 1.54) is 6.07 Å². The lowest BCUT2D eigenvalue weighted by molar-refractivity contribution is -0.137. The molecule has 354 valence electrons. The van der Waals surface area contributed by atoms with Crippen LogP contribution in [0.4, 0.5) is 40.7 Å². The molecule has 19 heteroatoms. The first kappa shape index (κ1) is 48.4. The molecule has 5 heterocycles. The Labute approximate surface area is 392 Å². The molecule has 8 rings (SSSR count). The fourth-order valence-electron chi connectivity index (χ4n) is 9.70. The first-order valence-electron chi connectivity index (χ1n) is 22.3. The van der Waals surface area contributed by atoms with E-state index in [9.17, 15) is 37.6 Å². The van der Waals surface area contributed by atoms with Crippen molar-refractivity contribution in [3.8, 4) is 6.07 Å². The maximum atomic E-state index is 14.1. The highest BCUT2D eigenvalue weighted by Crippen LogP contribution is 2.41. The molecule has 5 amide bonds. The zero-order valence-corrected chi connectivity index (χ0v) is 38.9. The van der Waals surface area contributed by atoms with Gasteiger partial charge in [-0.15, -0.1) is 0 Å². The molecule has 0 unspecified atom stereocenters. The standard InChI is InChI=1S/C47H52F3N9O4S.CH2O2/c1-29(2)56-22-16-37-39(56)24-32(25-40(37)57-23-17-41(60)52-44(57)63)42(61)53(5)33-14-18-54(19-15-33)28-30-12-20-55(21-13-30)34-8-10-35(11-9-34)59-45(64)58(43(62)46(59,3)4)36-7-6-31(27-51)38(26-36)47(48,49)50;2-1-3/h6-11,16,22,24-26,29-30,33H,12-15,17-21,23,28H2,1-5H3,(H,52,60,63);1H,(H,2,3). The Bertz CT molecular complexity index is 2610. The molecular formula is C48H54F3N9O6S.